The van der Waals surface area contributed by atoms with E-state index in [4.69, 9.17) is 0 Å². The van der Waals surface area contributed by atoms with Crippen molar-refractivity contribution in [3.05, 3.63) is 11.3 Å². The normalized spacial score (nSPS) is 30.8. The highest BCUT2D eigenvalue weighted by atomic mass is 16.3. The first-order chi connectivity index (χ1) is 5.82. The van der Waals surface area contributed by atoms with Crippen LogP contribution in [0, 0.1) is 17.3 Å². The van der Waals surface area contributed by atoms with E-state index in [0.29, 0.717) is 23.0 Å². The molecule has 1 aliphatic carbocycles. The molecule has 1 rings (SSSR count). The first-order valence-electron chi connectivity index (χ1n) is 5.21. The zero-order valence-corrected chi connectivity index (χ0v) is 9.52. The maximum Gasteiger partial charge on any atom is 0.0917 e. The van der Waals surface area contributed by atoms with Crippen LogP contribution >= 0.6 is 0 Å². The molecule has 0 heterocycles. The third-order valence-electron chi connectivity index (χ3n) is 3.50. The predicted molar refractivity (Wildman–Crippen MR) is 56.7 cm³/mol. The van der Waals surface area contributed by atoms with Gasteiger partial charge in [0.1, 0.15) is 0 Å². The van der Waals surface area contributed by atoms with Crippen LogP contribution in [0.15, 0.2) is 11.3 Å². The van der Waals surface area contributed by atoms with Crippen molar-refractivity contribution in [2.45, 2.75) is 47.5 Å². The van der Waals surface area contributed by atoms with E-state index in [1.54, 1.807) is 0 Å². The summed E-state index contributed by atoms with van der Waals surface area (Å²) in [5.74, 6) is 1.82. The van der Waals surface area contributed by atoms with Gasteiger partial charge in [-0.25, -0.2) is 0 Å². The molecule has 1 aliphatic rings. The number of rotatable bonds is 0. The third-order valence-corrected chi connectivity index (χ3v) is 3.50. The Labute approximate surface area is 81.9 Å². The highest BCUT2D eigenvalue weighted by molar-refractivity contribution is 5.13. The van der Waals surface area contributed by atoms with Gasteiger partial charge >= 0.3 is 0 Å². The standard InChI is InChI=1S/C12H22O/c1-8-6-10(12(3,4)5)7-11(13)9(8)2/h8,10,13H,6-7H2,1-5H3/t8?,10-/m1/s1. The van der Waals surface area contributed by atoms with Crippen LogP contribution in [0.4, 0.5) is 0 Å². The molecule has 0 spiro atoms. The Hall–Kier alpha value is -0.460. The van der Waals surface area contributed by atoms with Gasteiger partial charge in [0, 0.05) is 6.42 Å². The van der Waals surface area contributed by atoms with E-state index in [-0.39, 0.29) is 0 Å². The number of aliphatic hydroxyl groups is 1. The molecule has 0 bridgehead atoms. The number of aliphatic hydroxyl groups excluding tert-OH is 1. The largest absolute Gasteiger partial charge is 0.512 e. The second kappa shape index (κ2) is 3.36. The van der Waals surface area contributed by atoms with E-state index in [1.165, 1.54) is 12.0 Å². The molecule has 2 atom stereocenters. The molecule has 0 amide bonds. The van der Waals surface area contributed by atoms with Gasteiger partial charge in [0.25, 0.3) is 0 Å². The summed E-state index contributed by atoms with van der Waals surface area (Å²) in [6.07, 6.45) is 2.10. The van der Waals surface area contributed by atoms with Crippen molar-refractivity contribution >= 4 is 0 Å². The van der Waals surface area contributed by atoms with E-state index in [0.717, 1.165) is 6.42 Å². The predicted octanol–water partition coefficient (Wildman–Crippen LogP) is 3.91. The minimum absolute atomic E-state index is 0.322. The van der Waals surface area contributed by atoms with E-state index in [9.17, 15) is 5.11 Å². The monoisotopic (exact) mass is 182 g/mol. The molecule has 0 radical (unpaired) electrons. The molecule has 0 aliphatic heterocycles. The van der Waals surface area contributed by atoms with Crippen molar-refractivity contribution in [2.24, 2.45) is 17.3 Å². The summed E-state index contributed by atoms with van der Waals surface area (Å²) in [6.45, 7) is 11.1. The van der Waals surface area contributed by atoms with Crippen LogP contribution in [0.2, 0.25) is 0 Å². The summed E-state index contributed by atoms with van der Waals surface area (Å²) in [5, 5.41) is 9.76. The first-order valence-corrected chi connectivity index (χ1v) is 5.21. The quantitative estimate of drug-likeness (QED) is 0.602. The van der Waals surface area contributed by atoms with E-state index in [2.05, 4.69) is 34.6 Å². The van der Waals surface area contributed by atoms with E-state index < -0.39 is 0 Å². The molecule has 0 saturated carbocycles. The molecule has 0 aromatic carbocycles. The lowest BCUT2D eigenvalue weighted by atomic mass is 9.69. The Morgan fingerprint density at radius 1 is 1.31 bits per heavy atom. The smallest absolute Gasteiger partial charge is 0.0917 e. The van der Waals surface area contributed by atoms with Crippen LogP contribution < -0.4 is 0 Å². The fourth-order valence-corrected chi connectivity index (χ4v) is 2.03. The van der Waals surface area contributed by atoms with Crippen molar-refractivity contribution in [2.75, 3.05) is 0 Å². The van der Waals surface area contributed by atoms with Crippen LogP contribution in [0.25, 0.3) is 0 Å². The molecule has 13 heavy (non-hydrogen) atoms. The van der Waals surface area contributed by atoms with Crippen LogP contribution in [0.1, 0.15) is 47.5 Å². The zero-order chi connectivity index (χ0) is 10.2. The number of hydrogen-bond donors (Lipinski definition) is 1. The van der Waals surface area contributed by atoms with Crippen molar-refractivity contribution in [1.82, 2.24) is 0 Å². The first kappa shape index (κ1) is 10.6. The maximum atomic E-state index is 9.76. The molecular formula is C12H22O. The summed E-state index contributed by atoms with van der Waals surface area (Å²) < 4.78 is 0. The van der Waals surface area contributed by atoms with Crippen LogP contribution in [-0.2, 0) is 0 Å². The molecule has 1 N–H and O–H groups in total. The fourth-order valence-electron chi connectivity index (χ4n) is 2.03. The van der Waals surface area contributed by atoms with Crippen molar-refractivity contribution < 1.29 is 5.11 Å². The van der Waals surface area contributed by atoms with Gasteiger partial charge in [-0.2, -0.15) is 0 Å². The minimum Gasteiger partial charge on any atom is -0.512 e. The molecule has 1 nitrogen and oxygen atoms in total. The van der Waals surface area contributed by atoms with Crippen LogP contribution in [0.3, 0.4) is 0 Å². The zero-order valence-electron chi connectivity index (χ0n) is 9.52. The Bertz CT molecular complexity index is 220. The number of allylic oxidation sites excluding steroid dienone is 2. The lowest BCUT2D eigenvalue weighted by Gasteiger charge is -2.36. The summed E-state index contributed by atoms with van der Waals surface area (Å²) >= 11 is 0. The molecule has 0 aromatic heterocycles. The minimum atomic E-state index is 0.322. The average molecular weight is 182 g/mol. The van der Waals surface area contributed by atoms with Crippen LogP contribution in [0.5, 0.6) is 0 Å². The van der Waals surface area contributed by atoms with Gasteiger partial charge in [0.2, 0.25) is 0 Å². The molecule has 0 saturated heterocycles. The lowest BCUT2D eigenvalue weighted by Crippen LogP contribution is -2.27. The molecule has 1 unspecified atom stereocenters. The van der Waals surface area contributed by atoms with Gasteiger partial charge in [-0.3, -0.25) is 0 Å². The van der Waals surface area contributed by atoms with Gasteiger partial charge in [-0.05, 0) is 36.2 Å². The summed E-state index contributed by atoms with van der Waals surface area (Å²) in [4.78, 5) is 0. The third kappa shape index (κ3) is 2.26. The molecule has 0 aromatic rings. The van der Waals surface area contributed by atoms with E-state index >= 15 is 0 Å². The van der Waals surface area contributed by atoms with Gasteiger partial charge in [0.05, 0.1) is 5.76 Å². The summed E-state index contributed by atoms with van der Waals surface area (Å²) in [6, 6.07) is 0. The topological polar surface area (TPSA) is 20.2 Å². The Balaban J connectivity index is 2.80. The Morgan fingerprint density at radius 3 is 2.23 bits per heavy atom. The second-order valence-corrected chi connectivity index (χ2v) is 5.53. The fraction of sp³-hybridized carbons (Fsp3) is 0.833. The Kier molecular flexibility index (Phi) is 2.74. The molecule has 0 fully saturated rings. The highest BCUT2D eigenvalue weighted by Gasteiger charge is 2.31. The molecular weight excluding hydrogens is 160 g/mol. The average Bonchev–Trinajstić information content (AvgIpc) is 1.97. The maximum absolute atomic E-state index is 9.76. The van der Waals surface area contributed by atoms with Crippen molar-refractivity contribution in [3.63, 3.8) is 0 Å². The van der Waals surface area contributed by atoms with Gasteiger partial charge < -0.3 is 5.11 Å². The van der Waals surface area contributed by atoms with Crippen molar-refractivity contribution in [1.29, 1.82) is 0 Å². The summed E-state index contributed by atoms with van der Waals surface area (Å²) in [7, 11) is 0. The van der Waals surface area contributed by atoms with Crippen molar-refractivity contribution in [3.8, 4) is 0 Å². The molecule has 76 valence electrons. The number of hydrogen-bond acceptors (Lipinski definition) is 1. The van der Waals surface area contributed by atoms with E-state index in [1.807, 2.05) is 0 Å². The van der Waals surface area contributed by atoms with Gasteiger partial charge in [-0.15, -0.1) is 0 Å². The Morgan fingerprint density at radius 2 is 1.85 bits per heavy atom. The summed E-state index contributed by atoms with van der Waals surface area (Å²) in [5.41, 5.74) is 1.52. The highest BCUT2D eigenvalue weighted by Crippen LogP contribution is 2.41. The second-order valence-electron chi connectivity index (χ2n) is 5.53. The van der Waals surface area contributed by atoms with Crippen LogP contribution in [-0.4, -0.2) is 5.11 Å². The lowest BCUT2D eigenvalue weighted by molar-refractivity contribution is 0.164. The van der Waals surface area contributed by atoms with Gasteiger partial charge in [-0.1, -0.05) is 27.7 Å². The molecule has 1 heteroatoms. The SMILES string of the molecule is CC1=C(O)C[C@H](C(C)(C)C)CC1C. The van der Waals surface area contributed by atoms with Gasteiger partial charge in [0.15, 0.2) is 0 Å².